The predicted molar refractivity (Wildman–Crippen MR) is 77.0 cm³/mol. The zero-order valence-corrected chi connectivity index (χ0v) is 12.1. The minimum absolute atomic E-state index is 0.00925. The van der Waals surface area contributed by atoms with Gasteiger partial charge in [0.2, 0.25) is 0 Å². The third kappa shape index (κ3) is 3.30. The van der Waals surface area contributed by atoms with Crippen LogP contribution in [0.5, 0.6) is 0 Å². The summed E-state index contributed by atoms with van der Waals surface area (Å²) in [5.74, 6) is -0.391. The second-order valence-electron chi connectivity index (χ2n) is 4.19. The molecule has 2 aromatic rings. The summed E-state index contributed by atoms with van der Waals surface area (Å²) < 4.78 is 13.4. The summed E-state index contributed by atoms with van der Waals surface area (Å²) >= 11 is 3.28. The Balaban J connectivity index is 2.17. The van der Waals surface area contributed by atoms with E-state index in [1.165, 1.54) is 18.2 Å². The first kappa shape index (κ1) is 14.4. The molecule has 0 radical (unpaired) electrons. The smallest absolute Gasteiger partial charge is 0.270 e. The SMILES string of the molecule is CC(Nc1ccc([N+](=O)[O-])cc1Br)c1ccc(F)cn1. The quantitative estimate of drug-likeness (QED) is 0.673. The first-order valence-electron chi connectivity index (χ1n) is 5.79. The van der Waals surface area contributed by atoms with Gasteiger partial charge in [0, 0.05) is 22.3 Å². The molecule has 1 N–H and O–H groups in total. The number of pyridine rings is 1. The fourth-order valence-electron chi connectivity index (χ4n) is 1.69. The Morgan fingerprint density at radius 1 is 1.40 bits per heavy atom. The van der Waals surface area contributed by atoms with Gasteiger partial charge in [-0.1, -0.05) is 0 Å². The lowest BCUT2D eigenvalue weighted by Gasteiger charge is -2.15. The average molecular weight is 340 g/mol. The lowest BCUT2D eigenvalue weighted by atomic mass is 10.2. The highest BCUT2D eigenvalue weighted by Crippen LogP contribution is 2.29. The van der Waals surface area contributed by atoms with Crippen LogP contribution in [-0.4, -0.2) is 9.91 Å². The largest absolute Gasteiger partial charge is 0.376 e. The van der Waals surface area contributed by atoms with E-state index < -0.39 is 10.7 Å². The lowest BCUT2D eigenvalue weighted by Crippen LogP contribution is -2.09. The molecule has 104 valence electrons. The summed E-state index contributed by atoms with van der Waals surface area (Å²) in [5.41, 5.74) is 1.39. The third-order valence-corrected chi connectivity index (χ3v) is 3.39. The minimum atomic E-state index is -0.459. The number of anilines is 1. The molecule has 7 heteroatoms. The molecule has 1 aromatic heterocycles. The van der Waals surface area contributed by atoms with Gasteiger partial charge in [0.15, 0.2) is 0 Å². The number of non-ortho nitro benzene ring substituents is 1. The molecule has 0 fully saturated rings. The Kier molecular flexibility index (Phi) is 4.29. The fraction of sp³-hybridized carbons (Fsp3) is 0.154. The van der Waals surface area contributed by atoms with Crippen molar-refractivity contribution < 1.29 is 9.31 Å². The van der Waals surface area contributed by atoms with Gasteiger partial charge < -0.3 is 5.32 Å². The summed E-state index contributed by atoms with van der Waals surface area (Å²) in [6.07, 6.45) is 1.15. The number of benzene rings is 1. The number of nitro benzene ring substituents is 1. The first-order valence-corrected chi connectivity index (χ1v) is 6.58. The monoisotopic (exact) mass is 339 g/mol. The Labute approximate surface area is 123 Å². The molecular weight excluding hydrogens is 329 g/mol. The molecule has 0 bridgehead atoms. The van der Waals surface area contributed by atoms with E-state index in [-0.39, 0.29) is 11.7 Å². The summed E-state index contributed by atoms with van der Waals surface area (Å²) in [6, 6.07) is 7.22. The van der Waals surface area contributed by atoms with Crippen LogP contribution in [-0.2, 0) is 0 Å². The van der Waals surface area contributed by atoms with Crippen LogP contribution >= 0.6 is 15.9 Å². The van der Waals surface area contributed by atoms with Crippen molar-refractivity contribution in [2.24, 2.45) is 0 Å². The van der Waals surface area contributed by atoms with Gasteiger partial charge in [0.05, 0.1) is 22.9 Å². The van der Waals surface area contributed by atoms with E-state index in [1.807, 2.05) is 6.92 Å². The molecule has 5 nitrogen and oxygen atoms in total. The highest BCUT2D eigenvalue weighted by Gasteiger charge is 2.12. The van der Waals surface area contributed by atoms with Crippen molar-refractivity contribution in [1.29, 1.82) is 0 Å². The molecular formula is C13H11BrFN3O2. The van der Waals surface area contributed by atoms with Crippen LogP contribution in [0.1, 0.15) is 18.7 Å². The molecule has 0 saturated heterocycles. The van der Waals surface area contributed by atoms with Crippen LogP contribution in [0.2, 0.25) is 0 Å². The summed E-state index contributed by atoms with van der Waals surface area (Å²) in [4.78, 5) is 14.2. The van der Waals surface area contributed by atoms with Gasteiger partial charge in [-0.05, 0) is 41.1 Å². The number of nitrogens with one attached hydrogen (secondary N) is 1. The molecule has 0 aliphatic heterocycles. The molecule has 2 rings (SSSR count). The fourth-order valence-corrected chi connectivity index (χ4v) is 2.17. The number of halogens is 2. The molecule has 0 spiro atoms. The first-order chi connectivity index (χ1) is 9.47. The molecule has 1 atom stereocenters. The van der Waals surface area contributed by atoms with Crippen molar-refractivity contribution in [3.05, 3.63) is 62.6 Å². The molecule has 0 amide bonds. The summed E-state index contributed by atoms with van der Waals surface area (Å²) in [6.45, 7) is 1.87. The van der Waals surface area contributed by atoms with Crippen LogP contribution in [0.3, 0.4) is 0 Å². The van der Waals surface area contributed by atoms with Gasteiger partial charge in [-0.15, -0.1) is 0 Å². The number of rotatable bonds is 4. The maximum absolute atomic E-state index is 12.8. The minimum Gasteiger partial charge on any atom is -0.376 e. The molecule has 0 saturated carbocycles. The maximum atomic E-state index is 12.8. The van der Waals surface area contributed by atoms with E-state index in [4.69, 9.17) is 0 Å². The predicted octanol–water partition coefficient (Wildman–Crippen LogP) is 4.06. The third-order valence-electron chi connectivity index (χ3n) is 2.73. The van der Waals surface area contributed by atoms with E-state index in [0.29, 0.717) is 15.9 Å². The number of nitrogens with zero attached hydrogens (tertiary/aromatic N) is 2. The zero-order valence-electron chi connectivity index (χ0n) is 10.5. The van der Waals surface area contributed by atoms with E-state index in [9.17, 15) is 14.5 Å². The highest BCUT2D eigenvalue weighted by molar-refractivity contribution is 9.10. The van der Waals surface area contributed by atoms with E-state index in [2.05, 4.69) is 26.2 Å². The number of aromatic nitrogens is 1. The molecule has 1 unspecified atom stereocenters. The number of hydrogen-bond donors (Lipinski definition) is 1. The van der Waals surface area contributed by atoms with E-state index in [0.717, 1.165) is 6.20 Å². The van der Waals surface area contributed by atoms with Crippen LogP contribution in [0.15, 0.2) is 41.0 Å². The number of hydrogen-bond acceptors (Lipinski definition) is 4. The Morgan fingerprint density at radius 3 is 2.70 bits per heavy atom. The van der Waals surface area contributed by atoms with Crippen LogP contribution in [0.4, 0.5) is 15.8 Å². The van der Waals surface area contributed by atoms with E-state index in [1.54, 1.807) is 12.1 Å². The summed E-state index contributed by atoms with van der Waals surface area (Å²) in [5, 5.41) is 13.8. The summed E-state index contributed by atoms with van der Waals surface area (Å²) in [7, 11) is 0. The zero-order chi connectivity index (χ0) is 14.7. The molecule has 1 aromatic carbocycles. The Morgan fingerprint density at radius 2 is 2.15 bits per heavy atom. The standard InChI is InChI=1S/C13H11BrFN3O2/c1-8(12-4-2-9(15)7-16-12)17-13-5-3-10(18(19)20)6-11(13)14/h2-8,17H,1H3. The normalized spacial score (nSPS) is 11.9. The molecule has 1 heterocycles. The lowest BCUT2D eigenvalue weighted by molar-refractivity contribution is -0.384. The van der Waals surface area contributed by atoms with Crippen molar-refractivity contribution in [3.8, 4) is 0 Å². The van der Waals surface area contributed by atoms with E-state index >= 15 is 0 Å². The van der Waals surface area contributed by atoms with Crippen LogP contribution < -0.4 is 5.32 Å². The van der Waals surface area contributed by atoms with Gasteiger partial charge in [0.25, 0.3) is 5.69 Å². The average Bonchev–Trinajstić information content (AvgIpc) is 2.41. The second-order valence-corrected chi connectivity index (χ2v) is 5.04. The Hall–Kier alpha value is -2.02. The number of nitro groups is 1. The molecule has 20 heavy (non-hydrogen) atoms. The van der Waals surface area contributed by atoms with Gasteiger partial charge in [-0.2, -0.15) is 0 Å². The van der Waals surface area contributed by atoms with Gasteiger partial charge in [-0.3, -0.25) is 15.1 Å². The van der Waals surface area contributed by atoms with Crippen molar-refractivity contribution in [2.75, 3.05) is 5.32 Å². The molecule has 0 aliphatic carbocycles. The van der Waals surface area contributed by atoms with Crippen molar-refractivity contribution in [1.82, 2.24) is 4.98 Å². The van der Waals surface area contributed by atoms with Crippen molar-refractivity contribution in [3.63, 3.8) is 0 Å². The van der Waals surface area contributed by atoms with Crippen LogP contribution in [0.25, 0.3) is 0 Å². The van der Waals surface area contributed by atoms with Gasteiger partial charge >= 0.3 is 0 Å². The van der Waals surface area contributed by atoms with Gasteiger partial charge in [-0.25, -0.2) is 4.39 Å². The second kappa shape index (κ2) is 5.96. The highest BCUT2D eigenvalue weighted by atomic mass is 79.9. The van der Waals surface area contributed by atoms with Gasteiger partial charge in [0.1, 0.15) is 5.82 Å². The van der Waals surface area contributed by atoms with Crippen molar-refractivity contribution in [2.45, 2.75) is 13.0 Å². The molecule has 0 aliphatic rings. The topological polar surface area (TPSA) is 68.1 Å². The maximum Gasteiger partial charge on any atom is 0.270 e. The Bertz CT molecular complexity index is 634. The van der Waals surface area contributed by atoms with Crippen molar-refractivity contribution >= 4 is 27.3 Å². The van der Waals surface area contributed by atoms with Crippen LogP contribution in [0, 0.1) is 15.9 Å².